The van der Waals surface area contributed by atoms with Gasteiger partial charge in [0.15, 0.2) is 17.6 Å². The Morgan fingerprint density at radius 3 is 2.47 bits per heavy atom. The molecule has 1 N–H and O–H groups in total. The van der Waals surface area contributed by atoms with Crippen LogP contribution >= 0.6 is 0 Å². The fraction of sp³-hybridized carbons (Fsp3) is 0.261. The van der Waals surface area contributed by atoms with Crippen molar-refractivity contribution in [1.29, 1.82) is 5.26 Å². The van der Waals surface area contributed by atoms with E-state index in [0.29, 0.717) is 28.7 Å². The number of carbonyl (C=O) groups is 2. The Morgan fingerprint density at radius 2 is 1.80 bits per heavy atom. The molecule has 3 rings (SSSR count). The largest absolute Gasteiger partial charge is 0.454 e. The molecule has 0 aliphatic carbocycles. The second kappa shape index (κ2) is 9.14. The molecule has 0 spiro atoms. The number of nitriles is 1. The lowest BCUT2D eigenvalue weighted by Gasteiger charge is -2.13. The zero-order valence-corrected chi connectivity index (χ0v) is 17.0. The highest BCUT2D eigenvalue weighted by molar-refractivity contribution is 6.01. The van der Waals surface area contributed by atoms with Crippen molar-refractivity contribution in [2.24, 2.45) is 0 Å². The molecule has 0 saturated carbocycles. The Balaban J connectivity index is 1.62. The maximum Gasteiger partial charge on any atom is 0.349 e. The summed E-state index contributed by atoms with van der Waals surface area (Å²) in [5, 5.41) is 12.0. The minimum Gasteiger partial charge on any atom is -0.454 e. The lowest BCUT2D eigenvalue weighted by atomic mass is 10.0. The third-order valence-corrected chi connectivity index (χ3v) is 4.55. The third-order valence-electron chi connectivity index (χ3n) is 4.55. The number of hydrogen-bond acceptors (Lipinski definition) is 6. The molecule has 7 nitrogen and oxygen atoms in total. The van der Waals surface area contributed by atoms with Crippen LogP contribution in [-0.2, 0) is 14.3 Å². The van der Waals surface area contributed by atoms with Crippen molar-refractivity contribution in [1.82, 2.24) is 0 Å². The highest BCUT2D eigenvalue weighted by atomic mass is 16.7. The van der Waals surface area contributed by atoms with Crippen molar-refractivity contribution in [3.63, 3.8) is 0 Å². The number of amides is 1. The molecule has 154 valence electrons. The predicted octanol–water partition coefficient (Wildman–Crippen LogP) is 4.02. The normalized spacial score (nSPS) is 13.5. The van der Waals surface area contributed by atoms with Gasteiger partial charge in [-0.3, -0.25) is 4.79 Å². The number of fused-ring (bicyclic) bond motifs is 1. The van der Waals surface area contributed by atoms with Crippen LogP contribution < -0.4 is 14.8 Å². The van der Waals surface area contributed by atoms with Crippen molar-refractivity contribution in [2.45, 2.75) is 32.8 Å². The molecule has 0 saturated heterocycles. The average molecular weight is 406 g/mol. The first-order chi connectivity index (χ1) is 14.4. The second-order valence-electron chi connectivity index (χ2n) is 7.10. The van der Waals surface area contributed by atoms with Crippen LogP contribution in [0.2, 0.25) is 0 Å². The summed E-state index contributed by atoms with van der Waals surface area (Å²) in [7, 11) is 0. The number of benzene rings is 2. The highest BCUT2D eigenvalue weighted by Gasteiger charge is 2.22. The summed E-state index contributed by atoms with van der Waals surface area (Å²) in [5.74, 6) is 0.112. The molecule has 0 unspecified atom stereocenters. The number of hydrogen-bond donors (Lipinski definition) is 1. The molecular weight excluding hydrogens is 384 g/mol. The van der Waals surface area contributed by atoms with Crippen molar-refractivity contribution in [3.05, 3.63) is 59.2 Å². The summed E-state index contributed by atoms with van der Waals surface area (Å²) in [5.41, 5.74) is 2.15. The molecule has 0 fully saturated rings. The van der Waals surface area contributed by atoms with E-state index in [9.17, 15) is 14.9 Å². The smallest absolute Gasteiger partial charge is 0.349 e. The maximum atomic E-state index is 12.4. The van der Waals surface area contributed by atoms with Crippen LogP contribution in [-0.4, -0.2) is 24.8 Å². The van der Waals surface area contributed by atoms with Crippen LogP contribution in [0.1, 0.15) is 37.8 Å². The van der Waals surface area contributed by atoms with E-state index in [1.165, 1.54) is 13.0 Å². The summed E-state index contributed by atoms with van der Waals surface area (Å²) < 4.78 is 15.7. The van der Waals surface area contributed by atoms with Crippen molar-refractivity contribution < 1.29 is 23.8 Å². The standard InChI is InChI=1S/C23H22N2O5/c1-14(2)17-6-4-16(5-7-17)10-18(12-24)23(27)30-15(3)22(26)25-19-8-9-20-21(11-19)29-13-28-20/h4-11,14-15H,13H2,1-3H3,(H,25,26)/b18-10+/t15-/m0/s1. The lowest BCUT2D eigenvalue weighted by Crippen LogP contribution is -2.30. The van der Waals surface area contributed by atoms with E-state index < -0.39 is 18.0 Å². The van der Waals surface area contributed by atoms with Gasteiger partial charge in [0, 0.05) is 11.8 Å². The SMILES string of the molecule is CC(C)c1ccc(/C=C(\C#N)C(=O)O[C@@H](C)C(=O)Nc2ccc3c(c2)OCO3)cc1. The molecule has 1 heterocycles. The van der Waals surface area contributed by atoms with Gasteiger partial charge in [-0.2, -0.15) is 5.26 Å². The van der Waals surface area contributed by atoms with Crippen LogP contribution in [0.3, 0.4) is 0 Å². The summed E-state index contributed by atoms with van der Waals surface area (Å²) in [6, 6.07) is 14.3. The van der Waals surface area contributed by atoms with Crippen LogP contribution in [0.15, 0.2) is 48.0 Å². The summed E-state index contributed by atoms with van der Waals surface area (Å²) in [4.78, 5) is 24.7. The molecule has 2 aromatic carbocycles. The van der Waals surface area contributed by atoms with Crippen LogP contribution in [0, 0.1) is 11.3 Å². The molecule has 1 aliphatic heterocycles. The van der Waals surface area contributed by atoms with Gasteiger partial charge in [-0.25, -0.2) is 4.79 Å². The minimum absolute atomic E-state index is 0.129. The van der Waals surface area contributed by atoms with Gasteiger partial charge < -0.3 is 19.5 Å². The van der Waals surface area contributed by atoms with E-state index in [2.05, 4.69) is 19.2 Å². The first-order valence-corrected chi connectivity index (χ1v) is 9.50. The highest BCUT2D eigenvalue weighted by Crippen LogP contribution is 2.34. The molecule has 1 amide bonds. The predicted molar refractivity (Wildman–Crippen MR) is 111 cm³/mol. The van der Waals surface area contributed by atoms with Gasteiger partial charge in [0.05, 0.1) is 0 Å². The maximum absolute atomic E-state index is 12.4. The fourth-order valence-corrected chi connectivity index (χ4v) is 2.78. The lowest BCUT2D eigenvalue weighted by molar-refractivity contribution is -0.148. The van der Waals surface area contributed by atoms with Gasteiger partial charge in [0.2, 0.25) is 6.79 Å². The van der Waals surface area contributed by atoms with E-state index in [1.54, 1.807) is 18.2 Å². The topological polar surface area (TPSA) is 97.7 Å². The van der Waals surface area contributed by atoms with E-state index >= 15 is 0 Å². The van der Waals surface area contributed by atoms with E-state index in [4.69, 9.17) is 14.2 Å². The van der Waals surface area contributed by atoms with Gasteiger partial charge >= 0.3 is 5.97 Å². The number of ether oxygens (including phenoxy) is 3. The molecular formula is C23H22N2O5. The fourth-order valence-electron chi connectivity index (χ4n) is 2.78. The zero-order chi connectivity index (χ0) is 21.7. The van der Waals surface area contributed by atoms with Gasteiger partial charge in [0.25, 0.3) is 5.91 Å². The van der Waals surface area contributed by atoms with Crippen LogP contribution in [0.5, 0.6) is 11.5 Å². The molecule has 0 aromatic heterocycles. The van der Waals surface area contributed by atoms with Gasteiger partial charge in [-0.15, -0.1) is 0 Å². The Bertz CT molecular complexity index is 1020. The molecule has 1 atom stereocenters. The minimum atomic E-state index is -1.09. The van der Waals surface area contributed by atoms with Gasteiger partial charge in [0.1, 0.15) is 11.6 Å². The number of anilines is 1. The Hall–Kier alpha value is -3.79. The van der Waals surface area contributed by atoms with Gasteiger partial charge in [-0.1, -0.05) is 38.1 Å². The Kier molecular flexibility index (Phi) is 6.38. The second-order valence-corrected chi connectivity index (χ2v) is 7.10. The summed E-state index contributed by atoms with van der Waals surface area (Å²) in [6.07, 6.45) is 0.345. The van der Waals surface area contributed by atoms with E-state index in [-0.39, 0.29) is 12.4 Å². The Labute approximate surface area is 174 Å². The monoisotopic (exact) mass is 406 g/mol. The number of nitrogens with one attached hydrogen (secondary N) is 1. The van der Waals surface area contributed by atoms with E-state index in [0.717, 1.165) is 5.56 Å². The average Bonchev–Trinajstić information content (AvgIpc) is 3.20. The molecule has 0 radical (unpaired) electrons. The number of nitrogens with zero attached hydrogens (tertiary/aromatic N) is 1. The first kappa shape index (κ1) is 20.9. The number of rotatable bonds is 6. The van der Waals surface area contributed by atoms with Gasteiger partial charge in [-0.05, 0) is 42.2 Å². The molecule has 1 aliphatic rings. The van der Waals surface area contributed by atoms with Crippen molar-refractivity contribution in [3.8, 4) is 17.6 Å². The number of esters is 1. The van der Waals surface area contributed by atoms with Crippen molar-refractivity contribution in [2.75, 3.05) is 12.1 Å². The molecule has 7 heteroatoms. The number of carbonyl (C=O) groups excluding carboxylic acids is 2. The van der Waals surface area contributed by atoms with Crippen molar-refractivity contribution >= 4 is 23.6 Å². The molecule has 30 heavy (non-hydrogen) atoms. The molecule has 2 aromatic rings. The first-order valence-electron chi connectivity index (χ1n) is 9.50. The van der Waals surface area contributed by atoms with E-state index in [1.807, 2.05) is 30.3 Å². The third kappa shape index (κ3) is 4.97. The van der Waals surface area contributed by atoms with Crippen LogP contribution in [0.4, 0.5) is 5.69 Å². The zero-order valence-electron chi connectivity index (χ0n) is 17.0. The Morgan fingerprint density at radius 1 is 1.10 bits per heavy atom. The summed E-state index contributed by atoms with van der Waals surface area (Å²) >= 11 is 0. The summed E-state index contributed by atoms with van der Waals surface area (Å²) in [6.45, 7) is 5.73. The quantitative estimate of drug-likeness (QED) is 0.442. The molecule has 0 bridgehead atoms. The van der Waals surface area contributed by atoms with Crippen LogP contribution in [0.25, 0.3) is 6.08 Å².